The zero-order chi connectivity index (χ0) is 20.8. The van der Waals surface area contributed by atoms with Crippen LogP contribution in [0.3, 0.4) is 0 Å². The van der Waals surface area contributed by atoms with Crippen molar-refractivity contribution in [2.75, 3.05) is 11.9 Å². The van der Waals surface area contributed by atoms with Gasteiger partial charge in [-0.1, -0.05) is 42.5 Å². The van der Waals surface area contributed by atoms with Crippen LogP contribution >= 0.6 is 0 Å². The summed E-state index contributed by atoms with van der Waals surface area (Å²) in [6.07, 6.45) is 1.50. The lowest BCUT2D eigenvalue weighted by Gasteiger charge is -2.20. The Bertz CT molecular complexity index is 1020. The van der Waals surface area contributed by atoms with Crippen LogP contribution in [-0.2, 0) is 6.54 Å². The number of rotatable bonds is 6. The van der Waals surface area contributed by atoms with Gasteiger partial charge in [0.25, 0.3) is 11.8 Å². The predicted octanol–water partition coefficient (Wildman–Crippen LogP) is 4.61. The quantitative estimate of drug-likeness (QED) is 0.672. The van der Waals surface area contributed by atoms with Gasteiger partial charge in [0.2, 0.25) is 0 Å². The van der Waals surface area contributed by atoms with Crippen molar-refractivity contribution in [3.8, 4) is 0 Å². The van der Waals surface area contributed by atoms with Crippen LogP contribution in [0.2, 0.25) is 0 Å². The third-order valence-electron chi connectivity index (χ3n) is 4.98. The Morgan fingerprint density at radius 1 is 1.00 bits per heavy atom. The van der Waals surface area contributed by atoms with Gasteiger partial charge in [-0.3, -0.25) is 14.6 Å². The van der Waals surface area contributed by atoms with Crippen LogP contribution in [0.15, 0.2) is 66.9 Å². The SMILES string of the molecule is CCN(Cc1ccccc1)C(=O)c1cc(C(=O)Nc2cccc(C)c2C)ccn1. The van der Waals surface area contributed by atoms with Crippen LogP contribution in [0.1, 0.15) is 44.5 Å². The summed E-state index contributed by atoms with van der Waals surface area (Å²) in [7, 11) is 0. The first kappa shape index (κ1) is 20.3. The molecule has 0 unspecified atom stereocenters. The molecule has 1 heterocycles. The van der Waals surface area contributed by atoms with Crippen molar-refractivity contribution in [3.05, 3.63) is 94.8 Å². The van der Waals surface area contributed by atoms with Crippen molar-refractivity contribution in [2.24, 2.45) is 0 Å². The Morgan fingerprint density at radius 3 is 2.48 bits per heavy atom. The van der Waals surface area contributed by atoms with Gasteiger partial charge in [-0.25, -0.2) is 0 Å². The molecule has 0 radical (unpaired) electrons. The average molecular weight is 387 g/mol. The maximum atomic E-state index is 12.9. The average Bonchev–Trinajstić information content (AvgIpc) is 2.75. The van der Waals surface area contributed by atoms with Crippen LogP contribution in [0.25, 0.3) is 0 Å². The number of anilines is 1. The first-order chi connectivity index (χ1) is 14.0. The summed E-state index contributed by atoms with van der Waals surface area (Å²) in [5, 5.41) is 2.92. The molecule has 1 N–H and O–H groups in total. The molecule has 0 saturated heterocycles. The molecule has 0 fully saturated rings. The maximum absolute atomic E-state index is 12.9. The fraction of sp³-hybridized carbons (Fsp3) is 0.208. The zero-order valence-corrected chi connectivity index (χ0v) is 17.0. The highest BCUT2D eigenvalue weighted by molar-refractivity contribution is 6.06. The number of aryl methyl sites for hydroxylation is 1. The summed E-state index contributed by atoms with van der Waals surface area (Å²) >= 11 is 0. The van der Waals surface area contributed by atoms with Gasteiger partial charge in [0.15, 0.2) is 0 Å². The number of nitrogens with one attached hydrogen (secondary N) is 1. The number of aromatic nitrogens is 1. The summed E-state index contributed by atoms with van der Waals surface area (Å²) in [6.45, 7) is 6.94. The smallest absolute Gasteiger partial charge is 0.272 e. The van der Waals surface area contributed by atoms with E-state index in [1.54, 1.807) is 17.0 Å². The predicted molar refractivity (Wildman–Crippen MR) is 115 cm³/mol. The van der Waals surface area contributed by atoms with Crippen molar-refractivity contribution in [1.82, 2.24) is 9.88 Å². The van der Waals surface area contributed by atoms with E-state index < -0.39 is 0 Å². The van der Waals surface area contributed by atoms with E-state index in [-0.39, 0.29) is 17.5 Å². The van der Waals surface area contributed by atoms with E-state index in [9.17, 15) is 9.59 Å². The van der Waals surface area contributed by atoms with Crippen molar-refractivity contribution in [2.45, 2.75) is 27.3 Å². The summed E-state index contributed by atoms with van der Waals surface area (Å²) in [5.41, 5.74) is 4.60. The second kappa shape index (κ2) is 9.15. The van der Waals surface area contributed by atoms with Gasteiger partial charge in [-0.2, -0.15) is 0 Å². The van der Waals surface area contributed by atoms with E-state index in [0.717, 1.165) is 22.4 Å². The van der Waals surface area contributed by atoms with E-state index in [1.807, 2.05) is 69.3 Å². The van der Waals surface area contributed by atoms with Crippen molar-refractivity contribution < 1.29 is 9.59 Å². The molecule has 3 rings (SSSR count). The Balaban J connectivity index is 1.78. The number of carbonyl (C=O) groups is 2. The lowest BCUT2D eigenvalue weighted by molar-refractivity contribution is 0.0746. The highest BCUT2D eigenvalue weighted by atomic mass is 16.2. The first-order valence-electron chi connectivity index (χ1n) is 9.66. The largest absolute Gasteiger partial charge is 0.333 e. The molecule has 3 aromatic rings. The highest BCUT2D eigenvalue weighted by Crippen LogP contribution is 2.19. The van der Waals surface area contributed by atoms with Crippen LogP contribution < -0.4 is 5.32 Å². The van der Waals surface area contributed by atoms with Gasteiger partial charge >= 0.3 is 0 Å². The van der Waals surface area contributed by atoms with Crippen molar-refractivity contribution >= 4 is 17.5 Å². The number of pyridine rings is 1. The Morgan fingerprint density at radius 2 is 1.76 bits per heavy atom. The van der Waals surface area contributed by atoms with Gasteiger partial charge < -0.3 is 10.2 Å². The minimum Gasteiger partial charge on any atom is -0.333 e. The third-order valence-corrected chi connectivity index (χ3v) is 4.98. The molecule has 2 aromatic carbocycles. The summed E-state index contributed by atoms with van der Waals surface area (Å²) in [4.78, 5) is 31.6. The fourth-order valence-electron chi connectivity index (χ4n) is 3.06. The van der Waals surface area contributed by atoms with E-state index in [2.05, 4.69) is 10.3 Å². The molecule has 148 valence electrons. The molecule has 0 spiro atoms. The Hall–Kier alpha value is -3.47. The van der Waals surface area contributed by atoms with Gasteiger partial charge in [-0.05, 0) is 55.7 Å². The zero-order valence-electron chi connectivity index (χ0n) is 17.0. The number of benzene rings is 2. The molecule has 1 aromatic heterocycles. The van der Waals surface area contributed by atoms with Crippen LogP contribution in [0, 0.1) is 13.8 Å². The molecular weight excluding hydrogens is 362 g/mol. The summed E-state index contributed by atoms with van der Waals surface area (Å²) in [6, 6.07) is 18.8. The molecule has 0 atom stereocenters. The molecule has 0 aliphatic carbocycles. The van der Waals surface area contributed by atoms with E-state index in [1.165, 1.54) is 6.20 Å². The molecule has 5 heteroatoms. The molecule has 0 bridgehead atoms. The van der Waals surface area contributed by atoms with Gasteiger partial charge in [0, 0.05) is 30.5 Å². The first-order valence-corrected chi connectivity index (χ1v) is 9.66. The molecule has 2 amide bonds. The van der Waals surface area contributed by atoms with Gasteiger partial charge in [0.05, 0.1) is 0 Å². The molecule has 0 aliphatic rings. The number of hydrogen-bond acceptors (Lipinski definition) is 3. The number of amides is 2. The second-order valence-corrected chi connectivity index (χ2v) is 6.94. The maximum Gasteiger partial charge on any atom is 0.272 e. The second-order valence-electron chi connectivity index (χ2n) is 6.94. The van der Waals surface area contributed by atoms with Crippen molar-refractivity contribution in [1.29, 1.82) is 0 Å². The molecule has 29 heavy (non-hydrogen) atoms. The standard InChI is InChI=1S/C24H25N3O2/c1-4-27(16-19-10-6-5-7-11-19)24(29)22-15-20(13-14-25-22)23(28)26-21-12-8-9-17(2)18(21)3/h5-15H,4,16H2,1-3H3,(H,26,28). The fourth-order valence-corrected chi connectivity index (χ4v) is 3.06. The highest BCUT2D eigenvalue weighted by Gasteiger charge is 2.18. The molecule has 0 saturated carbocycles. The Labute approximate surface area is 171 Å². The van der Waals surface area contributed by atoms with Gasteiger partial charge in [-0.15, -0.1) is 0 Å². The molecule has 5 nitrogen and oxygen atoms in total. The van der Waals surface area contributed by atoms with Crippen LogP contribution in [0.5, 0.6) is 0 Å². The van der Waals surface area contributed by atoms with E-state index >= 15 is 0 Å². The number of carbonyl (C=O) groups excluding carboxylic acids is 2. The Kier molecular flexibility index (Phi) is 6.39. The lowest BCUT2D eigenvalue weighted by Crippen LogP contribution is -2.31. The normalized spacial score (nSPS) is 10.4. The van der Waals surface area contributed by atoms with Gasteiger partial charge in [0.1, 0.15) is 5.69 Å². The summed E-state index contributed by atoms with van der Waals surface area (Å²) in [5.74, 6) is -0.459. The van der Waals surface area contributed by atoms with Crippen LogP contribution in [-0.4, -0.2) is 28.2 Å². The number of hydrogen-bond donors (Lipinski definition) is 1. The molecule has 0 aliphatic heterocycles. The van der Waals surface area contributed by atoms with Crippen molar-refractivity contribution in [3.63, 3.8) is 0 Å². The topological polar surface area (TPSA) is 62.3 Å². The van der Waals surface area contributed by atoms with Crippen LogP contribution in [0.4, 0.5) is 5.69 Å². The minimum atomic E-state index is -0.263. The third kappa shape index (κ3) is 4.88. The minimum absolute atomic E-state index is 0.197. The molecular formula is C24H25N3O2. The van der Waals surface area contributed by atoms with E-state index in [4.69, 9.17) is 0 Å². The van der Waals surface area contributed by atoms with E-state index in [0.29, 0.717) is 18.7 Å². The number of nitrogens with zero attached hydrogens (tertiary/aromatic N) is 2. The summed E-state index contributed by atoms with van der Waals surface area (Å²) < 4.78 is 0. The monoisotopic (exact) mass is 387 g/mol. The lowest BCUT2D eigenvalue weighted by atomic mass is 10.1.